The van der Waals surface area contributed by atoms with E-state index in [1.807, 2.05) is 0 Å². The van der Waals surface area contributed by atoms with Gasteiger partial charge in [-0.15, -0.1) is 0 Å². The molecule has 3 aromatic rings. The Labute approximate surface area is 310 Å². The first-order chi connectivity index (χ1) is 24.4. The summed E-state index contributed by atoms with van der Waals surface area (Å²) in [6, 6.07) is 9.04. The Morgan fingerprint density at radius 3 is 2.23 bits per heavy atom. The summed E-state index contributed by atoms with van der Waals surface area (Å²) < 4.78 is 10.4. The van der Waals surface area contributed by atoms with Gasteiger partial charge in [0.25, 0.3) is 0 Å². The van der Waals surface area contributed by atoms with Gasteiger partial charge in [-0.2, -0.15) is 0 Å². The fourth-order valence-electron chi connectivity index (χ4n) is 13.6. The maximum atomic E-state index is 12.5. The normalized spacial score (nSPS) is 38.9. The van der Waals surface area contributed by atoms with E-state index in [0.29, 0.717) is 44.1 Å². The van der Waals surface area contributed by atoms with E-state index in [1.165, 1.54) is 101 Å². The average molecular weight is 711 g/mol. The van der Waals surface area contributed by atoms with Crippen LogP contribution in [0.4, 0.5) is 0 Å². The van der Waals surface area contributed by atoms with Crippen molar-refractivity contribution in [1.82, 2.24) is 0 Å². The highest BCUT2D eigenvalue weighted by molar-refractivity contribution is 5.84. The number of phenols is 2. The highest BCUT2D eigenvalue weighted by Gasteiger charge is 2.70. The van der Waals surface area contributed by atoms with E-state index in [2.05, 4.69) is 55.0 Å². The Hall–Kier alpha value is -3.25. The molecule has 8 rings (SSSR count). The van der Waals surface area contributed by atoms with Crippen LogP contribution in [-0.2, 0) is 0 Å². The fourth-order valence-corrected chi connectivity index (χ4v) is 13.6. The number of methoxy groups -OCH3 is 1. The summed E-state index contributed by atoms with van der Waals surface area (Å²) in [6.45, 7) is 22.3. The van der Waals surface area contributed by atoms with Crippen molar-refractivity contribution in [3.8, 4) is 28.4 Å². The van der Waals surface area contributed by atoms with Crippen LogP contribution in [0.2, 0.25) is 0 Å². The van der Waals surface area contributed by atoms with Crippen LogP contribution < -0.4 is 10.2 Å². The minimum absolute atomic E-state index is 0.0632. The molecule has 0 saturated heterocycles. The van der Waals surface area contributed by atoms with Crippen molar-refractivity contribution in [3.63, 3.8) is 0 Å². The molecule has 0 amide bonds. The van der Waals surface area contributed by atoms with Gasteiger partial charge in [0.15, 0.2) is 11.5 Å². The molecule has 6 nitrogen and oxygen atoms in total. The zero-order valence-corrected chi connectivity index (χ0v) is 32.9. The zero-order chi connectivity index (χ0) is 37.6. The number of aliphatic hydroxyl groups is 1. The van der Waals surface area contributed by atoms with Crippen molar-refractivity contribution in [3.05, 3.63) is 65.0 Å². The van der Waals surface area contributed by atoms with Gasteiger partial charge in [0.05, 0.1) is 24.2 Å². The average Bonchev–Trinajstić information content (AvgIpc) is 3.46. The Morgan fingerprint density at radius 2 is 1.56 bits per heavy atom. The summed E-state index contributed by atoms with van der Waals surface area (Å²) >= 11 is 0. The fraction of sp³-hybridized carbons (Fsp3) is 0.630. The second kappa shape index (κ2) is 12.7. The molecule has 1 aromatic heterocycles. The maximum Gasteiger partial charge on any atom is 0.200 e. The molecule has 5 aliphatic carbocycles. The van der Waals surface area contributed by atoms with Crippen molar-refractivity contribution in [2.45, 2.75) is 119 Å². The van der Waals surface area contributed by atoms with Crippen LogP contribution in [0.15, 0.2) is 64.0 Å². The minimum atomic E-state index is -0.236. The summed E-state index contributed by atoms with van der Waals surface area (Å²) in [5, 5.41) is 30.2. The van der Waals surface area contributed by atoms with Crippen molar-refractivity contribution in [1.29, 1.82) is 0 Å². The van der Waals surface area contributed by atoms with Crippen molar-refractivity contribution < 1.29 is 24.5 Å². The summed E-state index contributed by atoms with van der Waals surface area (Å²) in [5.74, 6) is 4.21. The number of phenolic OH excluding ortho intramolecular Hbond substituents is 2. The van der Waals surface area contributed by atoms with Crippen LogP contribution in [0.5, 0.6) is 17.2 Å². The van der Waals surface area contributed by atoms with E-state index >= 15 is 0 Å². The molecule has 0 radical (unpaired) electrons. The smallest absolute Gasteiger partial charge is 0.200 e. The number of fused-ring (bicyclic) bond motifs is 8. The SMILES string of the molecule is C=C(C)[C@@H]1CC[C@]2(C)CC[C@]3(C)[C@H](CC[C@@H]4[C@@]5(C)CC[C@H](O)C(C)(C)[C@@H]5CC[C@]43C)[C@@H]12.COc1cc2c(=O)c(-c3ccc(O)cc3)coc2cc1O. The van der Waals surface area contributed by atoms with Crippen LogP contribution in [0.3, 0.4) is 0 Å². The monoisotopic (exact) mass is 710 g/mol. The molecule has 0 spiro atoms. The van der Waals surface area contributed by atoms with E-state index in [0.717, 1.165) is 30.1 Å². The molecule has 282 valence electrons. The van der Waals surface area contributed by atoms with Crippen LogP contribution in [0.25, 0.3) is 22.1 Å². The molecule has 0 aliphatic heterocycles. The molecular formula is C46H62O6. The summed E-state index contributed by atoms with van der Waals surface area (Å²) in [7, 11) is 1.41. The lowest BCUT2D eigenvalue weighted by atomic mass is 9.32. The topological polar surface area (TPSA) is 100 Å². The standard InChI is InChI=1S/C30H50O.C16H12O5/c1-19(2)20-11-14-27(5)17-18-29(7)21(25(20)27)9-10-23-28(6)15-13-24(31)26(3,4)22(28)12-16-30(23,29)8;1-20-15-6-11-14(7-13(15)18)21-8-12(16(11)19)9-2-4-10(17)5-3-9/h20-25,31H,1,9-18H2,2-8H3;2-8,17-18H,1H3/t20-,21+,22-,23+,24-,25+,27+,28-,29+,30+;/m0./s1. The number of benzene rings is 2. The van der Waals surface area contributed by atoms with E-state index < -0.39 is 0 Å². The minimum Gasteiger partial charge on any atom is -0.508 e. The van der Waals surface area contributed by atoms with Gasteiger partial charge < -0.3 is 24.5 Å². The third kappa shape index (κ3) is 5.39. The van der Waals surface area contributed by atoms with Gasteiger partial charge in [-0.1, -0.05) is 65.8 Å². The molecule has 2 aromatic carbocycles. The number of aliphatic hydroxyl groups excluding tert-OH is 1. The number of aromatic hydroxyl groups is 2. The molecule has 3 N–H and O–H groups in total. The summed E-state index contributed by atoms with van der Waals surface area (Å²) in [5.41, 5.74) is 4.43. The third-order valence-electron chi connectivity index (χ3n) is 16.7. The van der Waals surface area contributed by atoms with Crippen LogP contribution in [0, 0.1) is 56.7 Å². The first-order valence-corrected chi connectivity index (χ1v) is 19.9. The number of hydrogen-bond acceptors (Lipinski definition) is 6. The van der Waals surface area contributed by atoms with Gasteiger partial charge in [-0.05, 0) is 152 Å². The lowest BCUT2D eigenvalue weighted by Gasteiger charge is -2.73. The van der Waals surface area contributed by atoms with Crippen molar-refractivity contribution in [2.24, 2.45) is 56.7 Å². The van der Waals surface area contributed by atoms with Gasteiger partial charge in [0.1, 0.15) is 17.6 Å². The largest absolute Gasteiger partial charge is 0.508 e. The first-order valence-electron chi connectivity index (χ1n) is 19.9. The molecule has 1 heterocycles. The maximum absolute atomic E-state index is 12.5. The van der Waals surface area contributed by atoms with Crippen LogP contribution in [-0.4, -0.2) is 28.5 Å². The number of rotatable bonds is 3. The van der Waals surface area contributed by atoms with E-state index in [9.17, 15) is 20.1 Å². The van der Waals surface area contributed by atoms with Crippen molar-refractivity contribution in [2.75, 3.05) is 7.11 Å². The quantitative estimate of drug-likeness (QED) is 0.234. The molecule has 5 aliphatic rings. The highest BCUT2D eigenvalue weighted by Crippen LogP contribution is 2.77. The van der Waals surface area contributed by atoms with Gasteiger partial charge in [-0.25, -0.2) is 0 Å². The Balaban J connectivity index is 0.000000175. The van der Waals surface area contributed by atoms with Gasteiger partial charge in [0, 0.05) is 6.07 Å². The Kier molecular flexibility index (Phi) is 9.04. The lowest BCUT2D eigenvalue weighted by molar-refractivity contribution is -0.246. The van der Waals surface area contributed by atoms with Gasteiger partial charge >= 0.3 is 0 Å². The van der Waals surface area contributed by atoms with E-state index in [1.54, 1.807) is 12.1 Å². The van der Waals surface area contributed by atoms with Crippen LogP contribution in [0.1, 0.15) is 113 Å². The predicted molar refractivity (Wildman–Crippen MR) is 208 cm³/mol. The second-order valence-corrected chi connectivity index (χ2v) is 19.3. The second-order valence-electron chi connectivity index (χ2n) is 19.3. The molecular weight excluding hydrogens is 649 g/mol. The summed E-state index contributed by atoms with van der Waals surface area (Å²) in [4.78, 5) is 12.5. The Morgan fingerprint density at radius 1 is 0.846 bits per heavy atom. The van der Waals surface area contributed by atoms with Crippen molar-refractivity contribution >= 4 is 11.0 Å². The Bertz CT molecular complexity index is 1910. The van der Waals surface area contributed by atoms with Gasteiger partial charge in [-0.3, -0.25) is 4.79 Å². The molecule has 0 unspecified atom stereocenters. The number of ether oxygens (including phenoxy) is 1. The van der Waals surface area contributed by atoms with Crippen LogP contribution >= 0.6 is 0 Å². The molecule has 52 heavy (non-hydrogen) atoms. The molecule has 10 atom stereocenters. The highest BCUT2D eigenvalue weighted by atomic mass is 16.5. The lowest BCUT2D eigenvalue weighted by Crippen LogP contribution is -2.66. The van der Waals surface area contributed by atoms with E-state index in [-0.39, 0.29) is 39.8 Å². The number of hydrogen-bond donors (Lipinski definition) is 3. The molecule has 0 bridgehead atoms. The summed E-state index contributed by atoms with van der Waals surface area (Å²) in [6.07, 6.45) is 14.7. The molecule has 6 heteroatoms. The third-order valence-corrected chi connectivity index (χ3v) is 16.7. The first kappa shape index (κ1) is 37.1. The zero-order valence-electron chi connectivity index (χ0n) is 32.9. The van der Waals surface area contributed by atoms with E-state index in [4.69, 9.17) is 9.15 Å². The number of allylic oxidation sites excluding steroid dienone is 1. The molecule has 5 fully saturated rings. The predicted octanol–water partition coefficient (Wildman–Crippen LogP) is 10.9. The van der Waals surface area contributed by atoms with Gasteiger partial charge in [0.2, 0.25) is 5.43 Å². The molecule has 5 saturated carbocycles.